The van der Waals surface area contributed by atoms with E-state index in [1.54, 1.807) is 12.1 Å². The Morgan fingerprint density at radius 2 is 2.21 bits per heavy atom. The molecule has 0 aliphatic heterocycles. The van der Waals surface area contributed by atoms with Crippen molar-refractivity contribution >= 4 is 11.8 Å². The first-order chi connectivity index (χ1) is 8.80. The van der Waals surface area contributed by atoms with Crippen LogP contribution in [0.5, 0.6) is 0 Å². The third kappa shape index (κ3) is 5.87. The van der Waals surface area contributed by atoms with Gasteiger partial charge < -0.3 is 10.4 Å². The number of anilines is 1. The second-order valence-corrected chi connectivity index (χ2v) is 5.75. The fourth-order valence-electron chi connectivity index (χ4n) is 1.88. The summed E-state index contributed by atoms with van der Waals surface area (Å²) in [5.74, 6) is -0.245. The number of carboxylic acid groups (broad SMARTS) is 1. The molecule has 1 aromatic heterocycles. The van der Waals surface area contributed by atoms with E-state index in [1.165, 1.54) is 6.20 Å². The van der Waals surface area contributed by atoms with Crippen LogP contribution >= 0.6 is 0 Å². The van der Waals surface area contributed by atoms with Crippen LogP contribution in [-0.4, -0.2) is 22.1 Å². The van der Waals surface area contributed by atoms with Crippen molar-refractivity contribution in [1.82, 2.24) is 4.98 Å². The van der Waals surface area contributed by atoms with Gasteiger partial charge in [0, 0.05) is 12.2 Å². The molecule has 19 heavy (non-hydrogen) atoms. The Bertz CT molecular complexity index is 469. The van der Waals surface area contributed by atoms with E-state index < -0.39 is 5.97 Å². The van der Waals surface area contributed by atoms with Gasteiger partial charge in [0.15, 0.2) is 0 Å². The van der Waals surface area contributed by atoms with Gasteiger partial charge >= 0.3 is 5.97 Å². The van der Waals surface area contributed by atoms with Gasteiger partial charge in [-0.15, -0.1) is 0 Å². The molecular weight excluding hydrogens is 242 g/mol. The van der Waals surface area contributed by atoms with Crippen molar-refractivity contribution in [2.45, 2.75) is 39.7 Å². The third-order valence-electron chi connectivity index (χ3n) is 2.52. The maximum absolute atomic E-state index is 10.9. The van der Waals surface area contributed by atoms with Gasteiger partial charge in [-0.05, 0) is 24.0 Å². The zero-order valence-corrected chi connectivity index (χ0v) is 11.5. The number of hydrogen-bond acceptors (Lipinski definition) is 4. The summed E-state index contributed by atoms with van der Waals surface area (Å²) in [6.07, 6.45) is 2.23. The number of pyridine rings is 1. The lowest BCUT2D eigenvalue weighted by Crippen LogP contribution is -2.28. The average molecular weight is 261 g/mol. The average Bonchev–Trinajstić information content (AvgIpc) is 2.26. The normalized spacial score (nSPS) is 12.5. The van der Waals surface area contributed by atoms with Crippen LogP contribution in [0.2, 0.25) is 0 Å². The lowest BCUT2D eigenvalue weighted by Gasteiger charge is -2.26. The molecule has 2 N–H and O–H groups in total. The summed E-state index contributed by atoms with van der Waals surface area (Å²) < 4.78 is 0. The highest BCUT2D eigenvalue weighted by molar-refractivity contribution is 5.68. The predicted molar refractivity (Wildman–Crippen MR) is 72.7 cm³/mol. The molecule has 1 unspecified atom stereocenters. The summed E-state index contributed by atoms with van der Waals surface area (Å²) in [7, 11) is 0. The zero-order chi connectivity index (χ0) is 14.5. The number of rotatable bonds is 5. The number of aliphatic carboxylic acids is 1. The molecule has 1 aromatic rings. The van der Waals surface area contributed by atoms with Crippen molar-refractivity contribution < 1.29 is 9.90 Å². The Labute approximate surface area is 113 Å². The van der Waals surface area contributed by atoms with Crippen molar-refractivity contribution in [2.75, 3.05) is 5.32 Å². The Balaban J connectivity index is 2.75. The maximum Gasteiger partial charge on any atom is 0.305 e. The maximum atomic E-state index is 10.9. The van der Waals surface area contributed by atoms with Crippen molar-refractivity contribution in [3.8, 4) is 6.07 Å². The minimum Gasteiger partial charge on any atom is -0.481 e. The summed E-state index contributed by atoms with van der Waals surface area (Å²) in [4.78, 5) is 15.0. The smallest absolute Gasteiger partial charge is 0.305 e. The molecule has 0 radical (unpaired) electrons. The van der Waals surface area contributed by atoms with Crippen LogP contribution in [0.4, 0.5) is 5.82 Å². The van der Waals surface area contributed by atoms with Gasteiger partial charge in [-0.3, -0.25) is 4.79 Å². The van der Waals surface area contributed by atoms with Gasteiger partial charge in [0.1, 0.15) is 11.9 Å². The number of nitriles is 1. The first-order valence-corrected chi connectivity index (χ1v) is 6.14. The van der Waals surface area contributed by atoms with E-state index in [2.05, 4.69) is 31.1 Å². The van der Waals surface area contributed by atoms with Crippen LogP contribution in [0.1, 0.15) is 39.2 Å². The van der Waals surface area contributed by atoms with E-state index in [-0.39, 0.29) is 17.9 Å². The third-order valence-corrected chi connectivity index (χ3v) is 2.52. The molecule has 5 nitrogen and oxygen atoms in total. The minimum atomic E-state index is -0.838. The molecule has 5 heteroatoms. The number of hydrogen-bond donors (Lipinski definition) is 2. The molecule has 0 saturated carbocycles. The van der Waals surface area contributed by atoms with Crippen molar-refractivity contribution in [3.63, 3.8) is 0 Å². The quantitative estimate of drug-likeness (QED) is 0.851. The van der Waals surface area contributed by atoms with E-state index in [0.717, 1.165) is 6.42 Å². The zero-order valence-electron chi connectivity index (χ0n) is 11.5. The molecule has 1 heterocycles. The Morgan fingerprint density at radius 3 is 2.63 bits per heavy atom. The lowest BCUT2D eigenvalue weighted by molar-refractivity contribution is -0.137. The van der Waals surface area contributed by atoms with Crippen LogP contribution in [0.3, 0.4) is 0 Å². The van der Waals surface area contributed by atoms with E-state index in [4.69, 9.17) is 10.4 Å². The molecule has 0 saturated heterocycles. The first kappa shape index (κ1) is 15.0. The lowest BCUT2D eigenvalue weighted by atomic mass is 9.87. The second-order valence-electron chi connectivity index (χ2n) is 5.75. The van der Waals surface area contributed by atoms with Crippen molar-refractivity contribution in [3.05, 3.63) is 23.9 Å². The van der Waals surface area contributed by atoms with Crippen molar-refractivity contribution in [2.24, 2.45) is 5.41 Å². The number of nitrogens with one attached hydrogen (secondary N) is 1. The Morgan fingerprint density at radius 1 is 1.53 bits per heavy atom. The summed E-state index contributed by atoms with van der Waals surface area (Å²) in [5.41, 5.74) is 0.510. The largest absolute Gasteiger partial charge is 0.481 e. The first-order valence-electron chi connectivity index (χ1n) is 6.14. The van der Waals surface area contributed by atoms with Gasteiger partial charge in [-0.2, -0.15) is 5.26 Å². The fraction of sp³-hybridized carbons (Fsp3) is 0.500. The summed E-state index contributed by atoms with van der Waals surface area (Å²) in [6.45, 7) is 6.20. The second kappa shape index (κ2) is 6.19. The summed E-state index contributed by atoms with van der Waals surface area (Å²) in [6, 6.07) is 5.16. The number of carboxylic acids is 1. The molecule has 0 aliphatic rings. The number of carbonyl (C=O) groups is 1. The Hall–Kier alpha value is -2.09. The van der Waals surface area contributed by atoms with Crippen LogP contribution in [0.15, 0.2) is 18.3 Å². The van der Waals surface area contributed by atoms with E-state index in [1.807, 2.05) is 6.07 Å². The molecule has 0 amide bonds. The standard InChI is InChI=1S/C14H19N3O2/c1-14(2,3)7-11(6-13(18)19)17-12-5-4-10(8-15)9-16-12/h4-5,9,11H,6-7H2,1-3H3,(H,16,17)(H,18,19). The number of aromatic nitrogens is 1. The fourth-order valence-corrected chi connectivity index (χ4v) is 1.88. The summed E-state index contributed by atoms with van der Waals surface area (Å²) >= 11 is 0. The molecule has 0 spiro atoms. The van der Waals surface area contributed by atoms with Gasteiger partial charge in [-0.1, -0.05) is 20.8 Å². The van der Waals surface area contributed by atoms with Crippen molar-refractivity contribution in [1.29, 1.82) is 5.26 Å². The molecule has 1 atom stereocenters. The van der Waals surface area contributed by atoms with Crippen LogP contribution in [-0.2, 0) is 4.79 Å². The van der Waals surface area contributed by atoms with Crippen LogP contribution < -0.4 is 5.32 Å². The molecule has 0 aromatic carbocycles. The topological polar surface area (TPSA) is 86.0 Å². The Kier molecular flexibility index (Phi) is 4.87. The molecule has 0 bridgehead atoms. The molecule has 1 rings (SSSR count). The minimum absolute atomic E-state index is 0.0275. The number of nitrogens with zero attached hydrogens (tertiary/aromatic N) is 2. The van der Waals surface area contributed by atoms with Crippen LogP contribution in [0, 0.1) is 16.7 Å². The van der Waals surface area contributed by atoms with Gasteiger partial charge in [0.25, 0.3) is 0 Å². The summed E-state index contributed by atoms with van der Waals surface area (Å²) in [5, 5.41) is 20.7. The van der Waals surface area contributed by atoms with E-state index in [0.29, 0.717) is 11.4 Å². The van der Waals surface area contributed by atoms with E-state index >= 15 is 0 Å². The van der Waals surface area contributed by atoms with Gasteiger partial charge in [0.05, 0.1) is 12.0 Å². The molecule has 0 fully saturated rings. The molecule has 102 valence electrons. The highest BCUT2D eigenvalue weighted by Crippen LogP contribution is 2.24. The van der Waals surface area contributed by atoms with Gasteiger partial charge in [0.2, 0.25) is 0 Å². The highest BCUT2D eigenvalue weighted by Gasteiger charge is 2.21. The monoisotopic (exact) mass is 261 g/mol. The van der Waals surface area contributed by atoms with Gasteiger partial charge in [-0.25, -0.2) is 4.98 Å². The molecular formula is C14H19N3O2. The highest BCUT2D eigenvalue weighted by atomic mass is 16.4. The SMILES string of the molecule is CC(C)(C)CC(CC(=O)O)Nc1ccc(C#N)cn1. The predicted octanol–water partition coefficient (Wildman–Crippen LogP) is 2.64. The van der Waals surface area contributed by atoms with E-state index in [9.17, 15) is 4.79 Å². The molecule has 0 aliphatic carbocycles. The van der Waals surface area contributed by atoms with Crippen LogP contribution in [0.25, 0.3) is 0 Å².